The van der Waals surface area contributed by atoms with Crippen molar-refractivity contribution in [3.8, 4) is 0 Å². The molecule has 0 saturated carbocycles. The van der Waals surface area contributed by atoms with Crippen molar-refractivity contribution in [3.05, 3.63) is 35.9 Å². The van der Waals surface area contributed by atoms with Crippen molar-refractivity contribution >= 4 is 36.6 Å². The van der Waals surface area contributed by atoms with E-state index in [1.54, 1.807) is 21.0 Å². The fourth-order valence-electron chi connectivity index (χ4n) is 2.34. The van der Waals surface area contributed by atoms with Gasteiger partial charge < -0.3 is 15.4 Å². The molecule has 0 spiro atoms. The lowest BCUT2D eigenvalue weighted by Gasteiger charge is -2.29. The Kier molecular flexibility index (Phi) is 12.9. The molecule has 1 aromatic rings. The number of ether oxygens (including phenoxy) is 1. The molecule has 0 unspecified atom stereocenters. The van der Waals surface area contributed by atoms with Gasteiger partial charge in [0.15, 0.2) is 11.2 Å². The smallest absolute Gasteiger partial charge is 0.322 e. The van der Waals surface area contributed by atoms with Crippen molar-refractivity contribution in [2.75, 3.05) is 33.8 Å². The Balaban J connectivity index is 0. The minimum atomic E-state index is -1.20. The van der Waals surface area contributed by atoms with E-state index in [-0.39, 0.29) is 56.7 Å². The molecule has 0 atom stereocenters. The number of benzene rings is 1. The van der Waals surface area contributed by atoms with E-state index in [2.05, 4.69) is 10.6 Å². The average Bonchev–Trinajstić information content (AvgIpc) is 2.48. The van der Waals surface area contributed by atoms with E-state index in [0.29, 0.717) is 0 Å². The van der Waals surface area contributed by atoms with E-state index >= 15 is 0 Å². The number of hydrogen-bond acceptors (Lipinski definition) is 5. The zero-order valence-corrected chi connectivity index (χ0v) is 15.4. The van der Waals surface area contributed by atoms with E-state index in [4.69, 9.17) is 4.74 Å². The van der Waals surface area contributed by atoms with Crippen molar-refractivity contribution in [1.29, 1.82) is 0 Å². The summed E-state index contributed by atoms with van der Waals surface area (Å²) in [5.74, 6) is -0.620. The van der Waals surface area contributed by atoms with Crippen LogP contribution in [0.2, 0.25) is 0 Å². The van der Waals surface area contributed by atoms with Crippen molar-refractivity contribution in [1.82, 2.24) is 10.6 Å². The fraction of sp³-hybridized carbons (Fsp3) is 0.500. The van der Waals surface area contributed by atoms with Gasteiger partial charge in [-0.25, -0.2) is 0 Å². The summed E-state index contributed by atoms with van der Waals surface area (Å²) in [5, 5.41) is 5.88. The Morgan fingerprint density at radius 1 is 1.04 bits per heavy atom. The Bertz CT molecular complexity index is 464. The highest BCUT2D eigenvalue weighted by Gasteiger charge is 2.45. The van der Waals surface area contributed by atoms with E-state index in [0.717, 1.165) is 5.56 Å². The van der Waals surface area contributed by atoms with Crippen LogP contribution in [0.15, 0.2) is 30.3 Å². The third-order valence-corrected chi connectivity index (χ3v) is 3.36. The third-order valence-electron chi connectivity index (χ3n) is 3.36. The normalized spacial score (nSPS) is 10.2. The Labute approximate surface area is 150 Å². The zero-order valence-electron chi connectivity index (χ0n) is 13.8. The van der Waals surface area contributed by atoms with Crippen LogP contribution in [-0.2, 0) is 20.7 Å². The zero-order chi connectivity index (χ0) is 15.7. The molecule has 0 bridgehead atoms. The van der Waals surface area contributed by atoms with Gasteiger partial charge in [0, 0.05) is 19.5 Å². The van der Waals surface area contributed by atoms with Crippen LogP contribution in [0.3, 0.4) is 0 Å². The van der Waals surface area contributed by atoms with Crippen LogP contribution in [0.1, 0.15) is 12.5 Å². The molecule has 0 aromatic heterocycles. The van der Waals surface area contributed by atoms with Gasteiger partial charge >= 0.3 is 5.97 Å². The monoisotopic (exact) mass is 364 g/mol. The van der Waals surface area contributed by atoms with Crippen molar-refractivity contribution in [3.63, 3.8) is 0 Å². The summed E-state index contributed by atoms with van der Waals surface area (Å²) in [6.07, 6.45) is 0.211. The summed E-state index contributed by atoms with van der Waals surface area (Å²) in [6, 6.07) is 9.42. The van der Waals surface area contributed by atoms with E-state index in [1.165, 1.54) is 0 Å². The summed E-state index contributed by atoms with van der Waals surface area (Å²) in [7, 11) is 3.44. The molecule has 1 rings (SSSR count). The van der Waals surface area contributed by atoms with Gasteiger partial charge in [0.1, 0.15) is 0 Å². The molecule has 0 aliphatic rings. The maximum absolute atomic E-state index is 12.7. The molecular weight excluding hydrogens is 339 g/mol. The number of ketones is 1. The average molecular weight is 365 g/mol. The largest absolute Gasteiger partial charge is 0.465 e. The highest BCUT2D eigenvalue weighted by Crippen LogP contribution is 2.22. The van der Waals surface area contributed by atoms with Crippen molar-refractivity contribution < 1.29 is 14.3 Å². The minimum Gasteiger partial charge on any atom is -0.465 e. The number of halogens is 2. The van der Waals surface area contributed by atoms with Crippen LogP contribution < -0.4 is 10.6 Å². The molecule has 0 aliphatic carbocycles. The molecule has 5 nitrogen and oxygen atoms in total. The lowest BCUT2D eigenvalue weighted by molar-refractivity contribution is -0.159. The summed E-state index contributed by atoms with van der Waals surface area (Å²) >= 11 is 0. The number of carbonyl (C=O) groups is 2. The minimum absolute atomic E-state index is 0. The molecule has 1 aromatic carbocycles. The Hall–Kier alpha value is -1.14. The standard InChI is InChI=1S/C16H24N2O3.2ClH/c1-4-21-15(20)16(11-17-2,12-18-3)14(19)10-13-8-6-5-7-9-13;;/h5-9,17-18H,4,10-12H2,1-3H3;2*1H. The van der Waals surface area contributed by atoms with Crippen LogP contribution in [0.5, 0.6) is 0 Å². The first-order valence-electron chi connectivity index (χ1n) is 7.14. The molecule has 132 valence electrons. The lowest BCUT2D eigenvalue weighted by atomic mass is 9.80. The number of nitrogens with one attached hydrogen (secondary N) is 2. The molecule has 23 heavy (non-hydrogen) atoms. The highest BCUT2D eigenvalue weighted by atomic mass is 35.5. The van der Waals surface area contributed by atoms with Gasteiger partial charge in [-0.15, -0.1) is 24.8 Å². The predicted octanol–water partition coefficient (Wildman–Crippen LogP) is 1.63. The summed E-state index contributed by atoms with van der Waals surface area (Å²) in [4.78, 5) is 25.1. The third kappa shape index (κ3) is 6.47. The van der Waals surface area contributed by atoms with Crippen molar-refractivity contribution in [2.45, 2.75) is 13.3 Å². The van der Waals surface area contributed by atoms with Gasteiger partial charge in [-0.1, -0.05) is 30.3 Å². The number of esters is 1. The number of Topliss-reactive ketones (excluding diaryl/α,β-unsaturated/α-hetero) is 1. The van der Waals surface area contributed by atoms with Gasteiger partial charge in [0.2, 0.25) is 0 Å². The van der Waals surface area contributed by atoms with Crippen LogP contribution in [-0.4, -0.2) is 45.5 Å². The molecule has 0 amide bonds. The maximum atomic E-state index is 12.7. The topological polar surface area (TPSA) is 67.4 Å². The second-order valence-electron chi connectivity index (χ2n) is 4.95. The fourth-order valence-corrected chi connectivity index (χ4v) is 2.34. The first kappa shape index (κ1) is 24.1. The van der Waals surface area contributed by atoms with Gasteiger partial charge in [0.05, 0.1) is 6.61 Å². The quantitative estimate of drug-likeness (QED) is 0.514. The summed E-state index contributed by atoms with van der Waals surface area (Å²) < 4.78 is 5.13. The second-order valence-corrected chi connectivity index (χ2v) is 4.95. The van der Waals surface area contributed by atoms with E-state index < -0.39 is 11.4 Å². The summed E-state index contributed by atoms with van der Waals surface area (Å²) in [5.41, 5.74) is -0.307. The van der Waals surface area contributed by atoms with Gasteiger partial charge in [-0.2, -0.15) is 0 Å². The molecular formula is C16H26Cl2N2O3. The maximum Gasteiger partial charge on any atom is 0.322 e. The van der Waals surface area contributed by atoms with Crippen LogP contribution in [0.25, 0.3) is 0 Å². The molecule has 0 radical (unpaired) electrons. The van der Waals surface area contributed by atoms with Gasteiger partial charge in [0.25, 0.3) is 0 Å². The molecule has 2 N–H and O–H groups in total. The number of carbonyl (C=O) groups excluding carboxylic acids is 2. The second kappa shape index (κ2) is 12.3. The number of rotatable bonds is 9. The summed E-state index contributed by atoms with van der Waals surface area (Å²) in [6.45, 7) is 2.49. The van der Waals surface area contributed by atoms with E-state index in [9.17, 15) is 9.59 Å². The lowest BCUT2D eigenvalue weighted by Crippen LogP contribution is -2.53. The SMILES string of the molecule is CCOC(=O)C(CNC)(CNC)C(=O)Cc1ccccc1.Cl.Cl. The molecule has 0 heterocycles. The molecule has 7 heteroatoms. The first-order chi connectivity index (χ1) is 10.1. The highest BCUT2D eigenvalue weighted by molar-refractivity contribution is 6.05. The van der Waals surface area contributed by atoms with Gasteiger partial charge in [-0.05, 0) is 26.6 Å². The Morgan fingerprint density at radius 2 is 1.57 bits per heavy atom. The molecule has 0 fully saturated rings. The van der Waals surface area contributed by atoms with Crippen LogP contribution in [0, 0.1) is 5.41 Å². The van der Waals surface area contributed by atoms with Crippen molar-refractivity contribution in [2.24, 2.45) is 5.41 Å². The van der Waals surface area contributed by atoms with E-state index in [1.807, 2.05) is 30.3 Å². The van der Waals surface area contributed by atoms with Crippen LogP contribution in [0.4, 0.5) is 0 Å². The number of hydrogen-bond donors (Lipinski definition) is 2. The van der Waals surface area contributed by atoms with Crippen LogP contribution >= 0.6 is 24.8 Å². The van der Waals surface area contributed by atoms with Gasteiger partial charge in [-0.3, -0.25) is 9.59 Å². The predicted molar refractivity (Wildman–Crippen MR) is 96.6 cm³/mol. The molecule has 0 saturated heterocycles. The molecule has 0 aliphatic heterocycles. The Morgan fingerprint density at radius 3 is 2.00 bits per heavy atom. The first-order valence-corrected chi connectivity index (χ1v) is 7.14.